The van der Waals surface area contributed by atoms with Gasteiger partial charge >= 0.3 is 0 Å². The molecule has 3 aromatic rings. The molecule has 3 aromatic carbocycles. The minimum absolute atomic E-state index is 0.272. The van der Waals surface area contributed by atoms with Crippen molar-refractivity contribution in [2.24, 2.45) is 0 Å². The molecule has 0 amide bonds. The Morgan fingerprint density at radius 1 is 1.00 bits per heavy atom. The zero-order valence-electron chi connectivity index (χ0n) is 15.0. The van der Waals surface area contributed by atoms with Gasteiger partial charge in [0.15, 0.2) is 0 Å². The van der Waals surface area contributed by atoms with E-state index in [-0.39, 0.29) is 6.04 Å². The fraction of sp³-hybridized carbons (Fsp3) is 0.217. The van der Waals surface area contributed by atoms with Gasteiger partial charge in [-0.15, -0.1) is 0 Å². The molecule has 1 atom stereocenters. The van der Waals surface area contributed by atoms with Crippen molar-refractivity contribution < 1.29 is 4.74 Å². The number of ether oxygens (including phenoxy) is 1. The van der Waals surface area contributed by atoms with Gasteiger partial charge in [0.05, 0.1) is 0 Å². The second-order valence-electron chi connectivity index (χ2n) is 6.52. The Morgan fingerprint density at radius 3 is 2.48 bits per heavy atom. The van der Waals surface area contributed by atoms with E-state index in [1.807, 2.05) is 13.0 Å². The van der Waals surface area contributed by atoms with Crippen LogP contribution in [0.25, 0.3) is 10.8 Å². The van der Waals surface area contributed by atoms with Crippen LogP contribution in [0.3, 0.4) is 0 Å². The first-order valence-electron chi connectivity index (χ1n) is 8.71. The molecule has 1 unspecified atom stereocenters. The third kappa shape index (κ3) is 4.28. The second kappa shape index (κ2) is 8.00. The molecule has 0 aliphatic rings. The molecule has 25 heavy (non-hydrogen) atoms. The fourth-order valence-corrected chi connectivity index (χ4v) is 2.95. The third-order valence-electron chi connectivity index (χ3n) is 4.36. The van der Waals surface area contributed by atoms with Crippen LogP contribution >= 0.6 is 0 Å². The van der Waals surface area contributed by atoms with E-state index in [1.165, 1.54) is 21.9 Å². The number of rotatable bonds is 7. The molecule has 0 radical (unpaired) electrons. The summed E-state index contributed by atoms with van der Waals surface area (Å²) >= 11 is 0. The van der Waals surface area contributed by atoms with Gasteiger partial charge in [0, 0.05) is 18.2 Å². The topological polar surface area (TPSA) is 21.3 Å². The van der Waals surface area contributed by atoms with Crippen LogP contribution in [-0.4, -0.2) is 6.61 Å². The van der Waals surface area contributed by atoms with E-state index in [1.54, 1.807) is 0 Å². The number of nitrogens with one attached hydrogen (secondary N) is 1. The maximum absolute atomic E-state index is 6.01. The van der Waals surface area contributed by atoms with Crippen LogP contribution in [0.4, 0.5) is 0 Å². The Morgan fingerprint density at radius 2 is 1.72 bits per heavy atom. The zero-order valence-corrected chi connectivity index (χ0v) is 15.0. The van der Waals surface area contributed by atoms with Crippen LogP contribution < -0.4 is 10.1 Å². The summed E-state index contributed by atoms with van der Waals surface area (Å²) in [6, 6.07) is 23.4. The highest BCUT2D eigenvalue weighted by Crippen LogP contribution is 2.29. The number of hydrogen-bond donors (Lipinski definition) is 1. The maximum atomic E-state index is 6.01. The van der Waals surface area contributed by atoms with Crippen molar-refractivity contribution in [3.05, 3.63) is 90.0 Å². The number of fused-ring (bicyclic) bond motifs is 1. The molecule has 0 aliphatic carbocycles. The molecule has 0 spiro atoms. The summed E-state index contributed by atoms with van der Waals surface area (Å²) in [6.07, 6.45) is 0. The van der Waals surface area contributed by atoms with Crippen LogP contribution in [0, 0.1) is 0 Å². The number of benzene rings is 3. The van der Waals surface area contributed by atoms with Gasteiger partial charge in [0.2, 0.25) is 0 Å². The van der Waals surface area contributed by atoms with Gasteiger partial charge in [-0.2, -0.15) is 0 Å². The van der Waals surface area contributed by atoms with E-state index in [4.69, 9.17) is 4.74 Å². The van der Waals surface area contributed by atoms with Crippen molar-refractivity contribution in [3.63, 3.8) is 0 Å². The van der Waals surface area contributed by atoms with E-state index >= 15 is 0 Å². The summed E-state index contributed by atoms with van der Waals surface area (Å²) in [4.78, 5) is 0. The van der Waals surface area contributed by atoms with Crippen LogP contribution in [0.5, 0.6) is 5.75 Å². The SMILES string of the molecule is C=C(C)COc1ccc2ccccc2c1CNC(C)c1ccccc1. The van der Waals surface area contributed by atoms with E-state index in [0.717, 1.165) is 17.9 Å². The molecule has 0 aliphatic heterocycles. The lowest BCUT2D eigenvalue weighted by atomic mass is 10.0. The first-order chi connectivity index (χ1) is 12.1. The van der Waals surface area contributed by atoms with Crippen molar-refractivity contribution in [3.8, 4) is 5.75 Å². The second-order valence-corrected chi connectivity index (χ2v) is 6.52. The molecule has 2 nitrogen and oxygen atoms in total. The average Bonchev–Trinajstić information content (AvgIpc) is 2.65. The van der Waals surface area contributed by atoms with E-state index in [2.05, 4.69) is 79.5 Å². The molecule has 0 heterocycles. The third-order valence-corrected chi connectivity index (χ3v) is 4.36. The molecular weight excluding hydrogens is 306 g/mol. The molecule has 1 N–H and O–H groups in total. The Kier molecular flexibility index (Phi) is 5.52. The summed E-state index contributed by atoms with van der Waals surface area (Å²) in [5, 5.41) is 6.09. The Bertz CT molecular complexity index is 854. The maximum Gasteiger partial charge on any atom is 0.124 e. The molecule has 0 saturated heterocycles. The average molecular weight is 331 g/mol. The quantitative estimate of drug-likeness (QED) is 0.565. The van der Waals surface area contributed by atoms with E-state index < -0.39 is 0 Å². The standard InChI is InChI=1S/C23H25NO/c1-17(2)16-25-23-14-13-20-11-7-8-12-21(20)22(23)15-24-18(3)19-9-5-4-6-10-19/h4-14,18,24H,1,15-16H2,2-3H3. The summed E-state index contributed by atoms with van der Waals surface area (Å²) in [7, 11) is 0. The smallest absolute Gasteiger partial charge is 0.124 e. The summed E-state index contributed by atoms with van der Waals surface area (Å²) in [6.45, 7) is 9.40. The van der Waals surface area contributed by atoms with Gasteiger partial charge in [-0.3, -0.25) is 0 Å². The predicted molar refractivity (Wildman–Crippen MR) is 106 cm³/mol. The van der Waals surface area contributed by atoms with Crippen molar-refractivity contribution >= 4 is 10.8 Å². The minimum atomic E-state index is 0.272. The molecule has 0 aromatic heterocycles. The highest BCUT2D eigenvalue weighted by Gasteiger charge is 2.11. The monoisotopic (exact) mass is 331 g/mol. The largest absolute Gasteiger partial charge is 0.489 e. The van der Waals surface area contributed by atoms with Crippen molar-refractivity contribution in [1.82, 2.24) is 5.32 Å². The lowest BCUT2D eigenvalue weighted by molar-refractivity contribution is 0.347. The Balaban J connectivity index is 1.86. The highest BCUT2D eigenvalue weighted by molar-refractivity contribution is 5.87. The van der Waals surface area contributed by atoms with Gasteiger partial charge in [-0.25, -0.2) is 0 Å². The molecule has 0 saturated carbocycles. The van der Waals surface area contributed by atoms with Crippen LogP contribution in [-0.2, 0) is 6.54 Å². The Hall–Kier alpha value is -2.58. The van der Waals surface area contributed by atoms with Crippen molar-refractivity contribution in [2.45, 2.75) is 26.4 Å². The first-order valence-corrected chi connectivity index (χ1v) is 8.71. The van der Waals surface area contributed by atoms with Gasteiger partial charge in [-0.1, -0.05) is 67.2 Å². The molecular formula is C23H25NO. The van der Waals surface area contributed by atoms with Gasteiger partial charge in [-0.05, 0) is 41.8 Å². The molecule has 128 valence electrons. The van der Waals surface area contributed by atoms with Gasteiger partial charge < -0.3 is 10.1 Å². The number of hydrogen-bond acceptors (Lipinski definition) is 2. The normalized spacial score (nSPS) is 12.1. The summed E-state index contributed by atoms with van der Waals surface area (Å²) < 4.78 is 6.01. The van der Waals surface area contributed by atoms with Gasteiger partial charge in [0.1, 0.15) is 12.4 Å². The fourth-order valence-electron chi connectivity index (χ4n) is 2.95. The summed E-state index contributed by atoms with van der Waals surface area (Å²) in [5.74, 6) is 0.925. The molecule has 0 bridgehead atoms. The summed E-state index contributed by atoms with van der Waals surface area (Å²) in [5.41, 5.74) is 3.50. The lowest BCUT2D eigenvalue weighted by Crippen LogP contribution is -2.19. The Labute approximate surface area is 150 Å². The molecule has 2 heteroatoms. The molecule has 3 rings (SSSR count). The van der Waals surface area contributed by atoms with E-state index in [0.29, 0.717) is 6.61 Å². The first kappa shape index (κ1) is 17.2. The van der Waals surface area contributed by atoms with Gasteiger partial charge in [0.25, 0.3) is 0 Å². The highest BCUT2D eigenvalue weighted by atomic mass is 16.5. The lowest BCUT2D eigenvalue weighted by Gasteiger charge is -2.18. The zero-order chi connectivity index (χ0) is 17.6. The van der Waals surface area contributed by atoms with Crippen molar-refractivity contribution in [1.29, 1.82) is 0 Å². The van der Waals surface area contributed by atoms with Crippen LogP contribution in [0.15, 0.2) is 78.9 Å². The minimum Gasteiger partial charge on any atom is -0.489 e. The predicted octanol–water partition coefficient (Wildman–Crippen LogP) is 5.65. The van der Waals surface area contributed by atoms with Crippen LogP contribution in [0.2, 0.25) is 0 Å². The van der Waals surface area contributed by atoms with Crippen LogP contribution in [0.1, 0.15) is 31.0 Å². The van der Waals surface area contributed by atoms with Crippen molar-refractivity contribution in [2.75, 3.05) is 6.61 Å². The van der Waals surface area contributed by atoms with E-state index in [9.17, 15) is 0 Å². The molecule has 0 fully saturated rings.